The molecule has 0 aliphatic carbocycles. The van der Waals surface area contributed by atoms with Crippen LogP contribution >= 0.6 is 0 Å². The molecule has 8 heteroatoms. The van der Waals surface area contributed by atoms with E-state index in [4.69, 9.17) is 0 Å². The fourth-order valence-electron chi connectivity index (χ4n) is 2.59. The van der Waals surface area contributed by atoms with Gasteiger partial charge in [-0.25, -0.2) is 13.2 Å². The van der Waals surface area contributed by atoms with Gasteiger partial charge < -0.3 is 10.4 Å². The van der Waals surface area contributed by atoms with Crippen LogP contribution in [0.2, 0.25) is 0 Å². The number of aromatic carboxylic acids is 1. The Hall–Kier alpha value is -3.65. The molecule has 0 saturated carbocycles. The third-order valence-electron chi connectivity index (χ3n) is 4.14. The summed E-state index contributed by atoms with van der Waals surface area (Å²) in [5.41, 5.74) is 1.65. The number of carbonyl (C=O) groups excluding carboxylic acids is 1. The van der Waals surface area contributed by atoms with Crippen LogP contribution in [0.4, 0.5) is 11.4 Å². The van der Waals surface area contributed by atoms with Crippen molar-refractivity contribution in [3.63, 3.8) is 0 Å². The molecule has 0 radical (unpaired) electrons. The molecule has 0 bridgehead atoms. The zero-order valence-electron chi connectivity index (χ0n) is 15.4. The first-order valence-corrected chi connectivity index (χ1v) is 10.1. The second-order valence-electron chi connectivity index (χ2n) is 6.30. The number of hydrogen-bond acceptors (Lipinski definition) is 4. The lowest BCUT2D eigenvalue weighted by Gasteiger charge is -2.10. The molecule has 148 valence electrons. The third-order valence-corrected chi connectivity index (χ3v) is 5.53. The Morgan fingerprint density at radius 3 is 2.10 bits per heavy atom. The quantitative estimate of drug-likeness (QED) is 0.573. The van der Waals surface area contributed by atoms with E-state index in [2.05, 4.69) is 10.0 Å². The molecule has 29 heavy (non-hydrogen) atoms. The van der Waals surface area contributed by atoms with Crippen LogP contribution < -0.4 is 10.0 Å². The van der Waals surface area contributed by atoms with Crippen molar-refractivity contribution in [1.29, 1.82) is 0 Å². The van der Waals surface area contributed by atoms with Gasteiger partial charge >= 0.3 is 5.97 Å². The number of rotatable bonds is 6. The standard InChI is InChI=1S/C21H18N2O5S/c1-14-6-12-17(13-7-14)29(27,28)23-16-10-8-15(9-11-16)20(24)22-19-5-3-2-4-18(19)21(25)26/h2-13,23H,1H3,(H,22,24)(H,25,26). The van der Waals surface area contributed by atoms with Gasteiger partial charge in [0.1, 0.15) is 0 Å². The van der Waals surface area contributed by atoms with Gasteiger partial charge in [-0.2, -0.15) is 0 Å². The molecule has 0 aliphatic rings. The zero-order chi connectivity index (χ0) is 21.0. The van der Waals surface area contributed by atoms with Crippen molar-refractivity contribution in [2.75, 3.05) is 10.0 Å². The number of hydrogen-bond donors (Lipinski definition) is 3. The van der Waals surface area contributed by atoms with Crippen molar-refractivity contribution in [1.82, 2.24) is 0 Å². The van der Waals surface area contributed by atoms with Crippen molar-refractivity contribution in [2.45, 2.75) is 11.8 Å². The molecule has 0 aliphatic heterocycles. The number of para-hydroxylation sites is 1. The van der Waals surface area contributed by atoms with Crippen LogP contribution in [0, 0.1) is 6.92 Å². The van der Waals surface area contributed by atoms with Crippen molar-refractivity contribution >= 4 is 33.3 Å². The van der Waals surface area contributed by atoms with E-state index in [0.29, 0.717) is 5.69 Å². The summed E-state index contributed by atoms with van der Waals surface area (Å²) < 4.78 is 27.3. The first-order chi connectivity index (χ1) is 13.8. The van der Waals surface area contributed by atoms with E-state index in [1.54, 1.807) is 24.3 Å². The molecule has 0 fully saturated rings. The Morgan fingerprint density at radius 2 is 1.48 bits per heavy atom. The van der Waals surface area contributed by atoms with E-state index in [0.717, 1.165) is 5.56 Å². The summed E-state index contributed by atoms with van der Waals surface area (Å²) in [4.78, 5) is 23.8. The Morgan fingerprint density at radius 1 is 0.862 bits per heavy atom. The molecule has 0 aromatic heterocycles. The maximum absolute atomic E-state index is 12.4. The predicted molar refractivity (Wildman–Crippen MR) is 110 cm³/mol. The number of nitrogens with one attached hydrogen (secondary N) is 2. The molecular formula is C21H18N2O5S. The summed E-state index contributed by atoms with van der Waals surface area (Å²) in [6, 6.07) is 18.3. The van der Waals surface area contributed by atoms with Gasteiger partial charge in [-0.05, 0) is 55.5 Å². The minimum absolute atomic E-state index is 0.0247. The normalized spacial score (nSPS) is 10.9. The fraction of sp³-hybridized carbons (Fsp3) is 0.0476. The molecule has 7 nitrogen and oxygen atoms in total. The van der Waals surface area contributed by atoms with E-state index < -0.39 is 21.9 Å². The van der Waals surface area contributed by atoms with Gasteiger partial charge in [-0.3, -0.25) is 9.52 Å². The maximum atomic E-state index is 12.4. The fourth-order valence-corrected chi connectivity index (χ4v) is 3.65. The van der Waals surface area contributed by atoms with Gasteiger partial charge in [0.25, 0.3) is 15.9 Å². The molecule has 0 saturated heterocycles. The summed E-state index contributed by atoms with van der Waals surface area (Å²) in [6.45, 7) is 1.86. The van der Waals surface area contributed by atoms with Crippen molar-refractivity contribution in [3.05, 3.63) is 89.5 Å². The summed E-state index contributed by atoms with van der Waals surface area (Å²) in [6.07, 6.45) is 0. The van der Waals surface area contributed by atoms with Gasteiger partial charge in [0.2, 0.25) is 0 Å². The minimum Gasteiger partial charge on any atom is -0.478 e. The Balaban J connectivity index is 1.74. The highest BCUT2D eigenvalue weighted by Crippen LogP contribution is 2.19. The highest BCUT2D eigenvalue weighted by atomic mass is 32.2. The Labute approximate surface area is 168 Å². The molecular weight excluding hydrogens is 392 g/mol. The lowest BCUT2D eigenvalue weighted by Crippen LogP contribution is -2.15. The average molecular weight is 410 g/mol. The predicted octanol–water partition coefficient (Wildman–Crippen LogP) is 3.75. The number of carboxylic acids is 1. The molecule has 0 spiro atoms. The van der Waals surface area contributed by atoms with Crippen molar-refractivity contribution < 1.29 is 23.1 Å². The number of amides is 1. The summed E-state index contributed by atoms with van der Waals surface area (Å²) in [5, 5.41) is 11.7. The van der Waals surface area contributed by atoms with Crippen LogP contribution in [0.1, 0.15) is 26.3 Å². The average Bonchev–Trinajstić information content (AvgIpc) is 2.69. The summed E-state index contributed by atoms with van der Waals surface area (Å²) in [7, 11) is -3.74. The second-order valence-corrected chi connectivity index (χ2v) is 7.98. The second kappa shape index (κ2) is 8.15. The van der Waals surface area contributed by atoms with E-state index in [9.17, 15) is 23.1 Å². The molecule has 0 unspecified atom stereocenters. The smallest absolute Gasteiger partial charge is 0.337 e. The van der Waals surface area contributed by atoms with Crippen LogP contribution in [0.15, 0.2) is 77.7 Å². The zero-order valence-corrected chi connectivity index (χ0v) is 16.2. The number of carboxylic acid groups (broad SMARTS) is 1. The molecule has 0 heterocycles. The lowest BCUT2D eigenvalue weighted by atomic mass is 10.1. The number of carbonyl (C=O) groups is 2. The Bertz CT molecular complexity index is 1150. The topological polar surface area (TPSA) is 113 Å². The van der Waals surface area contributed by atoms with Crippen LogP contribution in [0.3, 0.4) is 0 Å². The highest BCUT2D eigenvalue weighted by molar-refractivity contribution is 7.92. The first kappa shape index (κ1) is 20.1. The van der Waals surface area contributed by atoms with Crippen molar-refractivity contribution in [3.8, 4) is 0 Å². The van der Waals surface area contributed by atoms with Crippen LogP contribution in [0.5, 0.6) is 0 Å². The number of aryl methyl sites for hydroxylation is 1. The molecule has 3 aromatic carbocycles. The van der Waals surface area contributed by atoms with Gasteiger partial charge in [-0.1, -0.05) is 29.8 Å². The number of anilines is 2. The first-order valence-electron chi connectivity index (χ1n) is 8.59. The molecule has 0 atom stereocenters. The van der Waals surface area contributed by atoms with Gasteiger partial charge in [0, 0.05) is 11.3 Å². The molecule has 3 rings (SSSR count). The monoisotopic (exact) mass is 410 g/mol. The largest absolute Gasteiger partial charge is 0.478 e. The highest BCUT2D eigenvalue weighted by Gasteiger charge is 2.15. The van der Waals surface area contributed by atoms with Crippen LogP contribution in [-0.4, -0.2) is 25.4 Å². The third kappa shape index (κ3) is 4.80. The molecule has 1 amide bonds. The van der Waals surface area contributed by atoms with Gasteiger partial charge in [0.15, 0.2) is 0 Å². The van der Waals surface area contributed by atoms with Gasteiger partial charge in [-0.15, -0.1) is 0 Å². The summed E-state index contributed by atoms with van der Waals surface area (Å²) in [5.74, 6) is -1.66. The van der Waals surface area contributed by atoms with E-state index in [1.807, 2.05) is 6.92 Å². The number of sulfonamides is 1. The van der Waals surface area contributed by atoms with Crippen molar-refractivity contribution in [2.24, 2.45) is 0 Å². The van der Waals surface area contributed by atoms with E-state index >= 15 is 0 Å². The summed E-state index contributed by atoms with van der Waals surface area (Å²) >= 11 is 0. The lowest BCUT2D eigenvalue weighted by molar-refractivity contribution is 0.0698. The molecule has 3 N–H and O–H groups in total. The molecule has 3 aromatic rings. The van der Waals surface area contributed by atoms with Crippen LogP contribution in [0.25, 0.3) is 0 Å². The van der Waals surface area contributed by atoms with Gasteiger partial charge in [0.05, 0.1) is 16.1 Å². The van der Waals surface area contributed by atoms with Crippen LogP contribution in [-0.2, 0) is 10.0 Å². The SMILES string of the molecule is Cc1ccc(S(=O)(=O)Nc2ccc(C(=O)Nc3ccccc3C(=O)O)cc2)cc1. The number of benzene rings is 3. The van der Waals surface area contributed by atoms with E-state index in [-0.39, 0.29) is 21.7 Å². The Kier molecular flexibility index (Phi) is 5.65. The van der Waals surface area contributed by atoms with E-state index in [1.165, 1.54) is 48.5 Å². The maximum Gasteiger partial charge on any atom is 0.337 e. The minimum atomic E-state index is -3.74.